The molecule has 0 N–H and O–H groups in total. The first kappa shape index (κ1) is 19.2. The molecule has 1 aromatic heterocycles. The molecule has 1 fully saturated rings. The zero-order chi connectivity index (χ0) is 19.7. The number of nitrogens with zero attached hydrogens (tertiary/aromatic N) is 2. The normalized spacial score (nSPS) is 15.0. The predicted molar refractivity (Wildman–Crippen MR) is 109 cm³/mol. The number of morpholine rings is 1. The van der Waals surface area contributed by atoms with Crippen molar-refractivity contribution >= 4 is 31.7 Å². The van der Waals surface area contributed by atoms with Crippen LogP contribution in [0.25, 0.3) is 11.5 Å². The number of ether oxygens (including phenoxy) is 1. The maximum atomic E-state index is 13.3. The fourth-order valence-electron chi connectivity index (χ4n) is 3.02. The number of benzene rings is 2. The molecule has 1 aliphatic heterocycles. The van der Waals surface area contributed by atoms with Crippen LogP contribution in [0.3, 0.4) is 0 Å². The van der Waals surface area contributed by atoms with Gasteiger partial charge in [-0.25, -0.2) is 8.42 Å². The molecule has 146 valence electrons. The molecule has 1 aliphatic rings. The zero-order valence-corrected chi connectivity index (χ0v) is 17.7. The lowest BCUT2D eigenvalue weighted by atomic mass is 10.2. The number of sulfone groups is 1. The molecule has 1 saturated heterocycles. The fourth-order valence-corrected chi connectivity index (χ4v) is 4.79. The molecule has 0 amide bonds. The van der Waals surface area contributed by atoms with Gasteiger partial charge in [0.15, 0.2) is 0 Å². The van der Waals surface area contributed by atoms with E-state index in [2.05, 4.69) is 20.9 Å². The minimum atomic E-state index is -3.84. The maximum absolute atomic E-state index is 13.3. The second-order valence-corrected chi connectivity index (χ2v) is 9.24. The van der Waals surface area contributed by atoms with Crippen molar-refractivity contribution in [1.82, 2.24) is 4.98 Å². The molecule has 0 aliphatic carbocycles. The summed E-state index contributed by atoms with van der Waals surface area (Å²) in [6, 6.07) is 14.2. The third kappa shape index (κ3) is 3.59. The van der Waals surface area contributed by atoms with Crippen LogP contribution < -0.4 is 4.90 Å². The van der Waals surface area contributed by atoms with Gasteiger partial charge in [0.25, 0.3) is 0 Å². The van der Waals surface area contributed by atoms with Crippen LogP contribution in [-0.4, -0.2) is 39.7 Å². The standard InChI is InChI=1S/C20H19BrN2O4S/c1-14-6-8-15(9-7-14)28(24,25)19-20(23-10-12-26-13-11-23)27-18(22-19)16-4-2-3-5-17(16)21/h2-9H,10-13H2,1H3. The summed E-state index contributed by atoms with van der Waals surface area (Å²) in [6.45, 7) is 4.02. The third-order valence-corrected chi connectivity index (χ3v) is 6.93. The Hall–Kier alpha value is -2.16. The number of aromatic nitrogens is 1. The van der Waals surface area contributed by atoms with Crippen molar-refractivity contribution in [3.63, 3.8) is 0 Å². The lowest BCUT2D eigenvalue weighted by Crippen LogP contribution is -2.36. The Morgan fingerprint density at radius 2 is 1.71 bits per heavy atom. The Balaban J connectivity index is 1.87. The highest BCUT2D eigenvalue weighted by atomic mass is 79.9. The second-order valence-electron chi connectivity index (χ2n) is 6.53. The van der Waals surface area contributed by atoms with Gasteiger partial charge in [-0.15, -0.1) is 0 Å². The summed E-state index contributed by atoms with van der Waals surface area (Å²) < 4.78 is 38.9. The number of anilines is 1. The average molecular weight is 463 g/mol. The van der Waals surface area contributed by atoms with E-state index in [1.165, 1.54) is 0 Å². The first-order chi connectivity index (χ1) is 13.5. The highest BCUT2D eigenvalue weighted by molar-refractivity contribution is 9.10. The molecular weight excluding hydrogens is 444 g/mol. The Morgan fingerprint density at radius 1 is 1.04 bits per heavy atom. The quantitative estimate of drug-likeness (QED) is 0.581. The lowest BCUT2D eigenvalue weighted by Gasteiger charge is -2.26. The van der Waals surface area contributed by atoms with Crippen LogP contribution in [0.15, 0.2) is 67.3 Å². The molecule has 8 heteroatoms. The highest BCUT2D eigenvalue weighted by Crippen LogP contribution is 2.37. The van der Waals surface area contributed by atoms with Gasteiger partial charge in [0, 0.05) is 17.6 Å². The number of hydrogen-bond acceptors (Lipinski definition) is 6. The lowest BCUT2D eigenvalue weighted by molar-refractivity contribution is 0.120. The van der Waals surface area contributed by atoms with Crippen molar-refractivity contribution in [2.75, 3.05) is 31.2 Å². The molecule has 2 aromatic carbocycles. The van der Waals surface area contributed by atoms with Crippen LogP contribution in [0.1, 0.15) is 5.56 Å². The van der Waals surface area contributed by atoms with Gasteiger partial charge in [-0.05, 0) is 47.1 Å². The molecular formula is C20H19BrN2O4S. The second kappa shape index (κ2) is 7.69. The summed E-state index contributed by atoms with van der Waals surface area (Å²) in [5, 5.41) is -0.0657. The molecule has 0 radical (unpaired) electrons. The molecule has 2 heterocycles. The number of rotatable bonds is 4. The highest BCUT2D eigenvalue weighted by Gasteiger charge is 2.32. The van der Waals surface area contributed by atoms with Gasteiger partial charge in [-0.3, -0.25) is 0 Å². The summed E-state index contributed by atoms with van der Waals surface area (Å²) in [5.41, 5.74) is 1.68. The van der Waals surface area contributed by atoms with E-state index in [0.717, 1.165) is 10.0 Å². The number of halogens is 1. The van der Waals surface area contributed by atoms with E-state index in [0.29, 0.717) is 31.9 Å². The van der Waals surface area contributed by atoms with Gasteiger partial charge in [-0.1, -0.05) is 29.8 Å². The SMILES string of the molecule is Cc1ccc(S(=O)(=O)c2nc(-c3ccccc3Br)oc2N2CCOCC2)cc1. The number of hydrogen-bond donors (Lipinski definition) is 0. The van der Waals surface area contributed by atoms with Gasteiger partial charge in [0.05, 0.1) is 23.7 Å². The Kier molecular flexibility index (Phi) is 5.27. The van der Waals surface area contributed by atoms with E-state index < -0.39 is 9.84 Å². The van der Waals surface area contributed by atoms with Crippen molar-refractivity contribution in [2.24, 2.45) is 0 Å². The van der Waals surface area contributed by atoms with Crippen molar-refractivity contribution in [3.05, 3.63) is 58.6 Å². The Labute approximate surface area is 172 Å². The molecule has 0 saturated carbocycles. The van der Waals surface area contributed by atoms with Gasteiger partial charge in [0.2, 0.25) is 26.6 Å². The van der Waals surface area contributed by atoms with Crippen LogP contribution >= 0.6 is 15.9 Å². The molecule has 0 atom stereocenters. The largest absolute Gasteiger partial charge is 0.419 e. The Bertz CT molecular complexity index is 1090. The van der Waals surface area contributed by atoms with Crippen LogP contribution in [0.2, 0.25) is 0 Å². The molecule has 4 rings (SSSR count). The van der Waals surface area contributed by atoms with Crippen LogP contribution in [0.5, 0.6) is 0 Å². The third-order valence-electron chi connectivity index (χ3n) is 4.57. The van der Waals surface area contributed by atoms with Gasteiger partial charge < -0.3 is 14.1 Å². The van der Waals surface area contributed by atoms with Gasteiger partial charge in [0.1, 0.15) is 0 Å². The van der Waals surface area contributed by atoms with Crippen LogP contribution in [0.4, 0.5) is 5.88 Å². The minimum absolute atomic E-state index is 0.0657. The van der Waals surface area contributed by atoms with E-state index in [-0.39, 0.29) is 21.7 Å². The fraction of sp³-hybridized carbons (Fsp3) is 0.250. The first-order valence-electron chi connectivity index (χ1n) is 8.87. The van der Waals surface area contributed by atoms with Crippen molar-refractivity contribution in [3.8, 4) is 11.5 Å². The number of oxazole rings is 1. The monoisotopic (exact) mass is 462 g/mol. The summed E-state index contributed by atoms with van der Waals surface area (Å²) in [5.74, 6) is 0.522. The summed E-state index contributed by atoms with van der Waals surface area (Å²) in [4.78, 5) is 6.49. The average Bonchev–Trinajstić information content (AvgIpc) is 3.15. The molecule has 0 bridgehead atoms. The van der Waals surface area contributed by atoms with Gasteiger partial charge in [-0.2, -0.15) is 4.98 Å². The van der Waals surface area contributed by atoms with Gasteiger partial charge >= 0.3 is 0 Å². The van der Waals surface area contributed by atoms with E-state index >= 15 is 0 Å². The topological polar surface area (TPSA) is 72.6 Å². The van der Waals surface area contributed by atoms with Crippen molar-refractivity contribution in [1.29, 1.82) is 0 Å². The van der Waals surface area contributed by atoms with Crippen molar-refractivity contribution in [2.45, 2.75) is 16.8 Å². The van der Waals surface area contributed by atoms with E-state index in [4.69, 9.17) is 9.15 Å². The number of aryl methyl sites for hydroxylation is 1. The molecule has 28 heavy (non-hydrogen) atoms. The summed E-state index contributed by atoms with van der Waals surface area (Å²) >= 11 is 3.48. The summed E-state index contributed by atoms with van der Waals surface area (Å²) in [6.07, 6.45) is 0. The predicted octanol–water partition coefficient (Wildman–Crippen LogP) is 4.08. The molecule has 0 spiro atoms. The molecule has 6 nitrogen and oxygen atoms in total. The van der Waals surface area contributed by atoms with Crippen LogP contribution in [0, 0.1) is 6.92 Å². The van der Waals surface area contributed by atoms with Crippen LogP contribution in [-0.2, 0) is 14.6 Å². The van der Waals surface area contributed by atoms with E-state index in [1.54, 1.807) is 24.3 Å². The zero-order valence-electron chi connectivity index (χ0n) is 15.3. The summed E-state index contributed by atoms with van der Waals surface area (Å²) in [7, 11) is -3.84. The van der Waals surface area contributed by atoms with Crippen molar-refractivity contribution < 1.29 is 17.6 Å². The Morgan fingerprint density at radius 3 is 2.39 bits per heavy atom. The minimum Gasteiger partial charge on any atom is -0.419 e. The smallest absolute Gasteiger partial charge is 0.236 e. The van der Waals surface area contributed by atoms with E-state index in [1.807, 2.05) is 36.1 Å². The van der Waals surface area contributed by atoms with E-state index in [9.17, 15) is 8.42 Å². The molecule has 3 aromatic rings. The molecule has 0 unspecified atom stereocenters. The first-order valence-corrected chi connectivity index (χ1v) is 11.1. The maximum Gasteiger partial charge on any atom is 0.236 e.